The molecule has 8 atom stereocenters. The Morgan fingerprint density at radius 2 is 0.970 bits per heavy atom. The van der Waals surface area contributed by atoms with Crippen molar-refractivity contribution < 1.29 is 33.9 Å². The van der Waals surface area contributed by atoms with Crippen LogP contribution in [0.4, 0.5) is 0 Å². The highest BCUT2D eigenvalue weighted by Crippen LogP contribution is 2.53. The largest absolute Gasteiger partial charge is 0.387 e. The van der Waals surface area contributed by atoms with Gasteiger partial charge in [-0.1, -0.05) is 48.5 Å². The van der Waals surface area contributed by atoms with E-state index in [2.05, 4.69) is 0 Å². The normalized spacial score (nSPS) is 39.9. The van der Waals surface area contributed by atoms with Crippen LogP contribution in [0.15, 0.2) is 48.5 Å². The minimum absolute atomic E-state index is 0.383. The Morgan fingerprint density at radius 3 is 1.36 bits per heavy atom. The first-order chi connectivity index (χ1) is 15.7. The molecule has 0 aromatic heterocycles. The molecule has 2 N–H and O–H groups in total. The molecular formula is C26H30O7. The monoisotopic (exact) mass is 454 g/mol. The molecule has 33 heavy (non-hydrogen) atoms. The molecule has 0 bridgehead atoms. The summed E-state index contributed by atoms with van der Waals surface area (Å²) in [7, 11) is 0. The molecule has 2 aromatic carbocycles. The minimum Gasteiger partial charge on any atom is -0.387 e. The molecule has 7 nitrogen and oxygen atoms in total. The lowest BCUT2D eigenvalue weighted by atomic mass is 9.81. The van der Waals surface area contributed by atoms with Gasteiger partial charge in [-0.25, -0.2) is 0 Å². The van der Waals surface area contributed by atoms with Crippen molar-refractivity contribution in [1.82, 2.24) is 0 Å². The van der Waals surface area contributed by atoms with Crippen LogP contribution >= 0.6 is 0 Å². The summed E-state index contributed by atoms with van der Waals surface area (Å²) in [6.07, 6.45) is -5.28. The molecule has 0 radical (unpaired) electrons. The third-order valence-corrected chi connectivity index (χ3v) is 7.06. The van der Waals surface area contributed by atoms with E-state index in [1.807, 2.05) is 76.2 Å². The maximum Gasteiger partial charge on any atom is 0.164 e. The van der Waals surface area contributed by atoms with E-state index < -0.39 is 48.2 Å². The van der Waals surface area contributed by atoms with Crippen LogP contribution < -0.4 is 0 Å². The van der Waals surface area contributed by atoms with Gasteiger partial charge in [0, 0.05) is 0 Å². The summed E-state index contributed by atoms with van der Waals surface area (Å²) in [6.45, 7) is 7.38. The quantitative estimate of drug-likeness (QED) is 0.717. The van der Waals surface area contributed by atoms with Crippen molar-refractivity contribution in [3.63, 3.8) is 0 Å². The van der Waals surface area contributed by atoms with Crippen molar-refractivity contribution in [3.05, 3.63) is 70.8 Å². The average molecular weight is 455 g/mol. The van der Waals surface area contributed by atoms with Crippen LogP contribution in [0.5, 0.6) is 0 Å². The lowest BCUT2D eigenvalue weighted by molar-refractivity contribution is -0.196. The van der Waals surface area contributed by atoms with Gasteiger partial charge in [-0.15, -0.1) is 0 Å². The Balaban J connectivity index is 1.39. The van der Waals surface area contributed by atoms with Gasteiger partial charge in [0.2, 0.25) is 0 Å². The molecule has 2 aromatic rings. The van der Waals surface area contributed by atoms with Crippen LogP contribution in [0, 0.1) is 0 Å². The molecule has 0 unspecified atom stereocenters. The molecule has 2 heterocycles. The summed E-state index contributed by atoms with van der Waals surface area (Å²) in [4.78, 5) is 0. The molecule has 176 valence electrons. The Morgan fingerprint density at radius 1 is 0.606 bits per heavy atom. The third kappa shape index (κ3) is 3.38. The second-order valence-electron chi connectivity index (χ2n) is 10.3. The summed E-state index contributed by atoms with van der Waals surface area (Å²) in [5, 5.41) is 22.8. The number of ether oxygens (including phenoxy) is 5. The number of aliphatic hydroxyl groups is 2. The Hall–Kier alpha value is -1.84. The van der Waals surface area contributed by atoms with E-state index in [-0.39, 0.29) is 12.2 Å². The lowest BCUT2D eigenvalue weighted by Gasteiger charge is -2.42. The predicted octanol–water partition coefficient (Wildman–Crippen LogP) is 3.62. The van der Waals surface area contributed by atoms with Crippen LogP contribution in [0.25, 0.3) is 0 Å². The summed E-state index contributed by atoms with van der Waals surface area (Å²) in [5.41, 5.74) is 3.54. The molecule has 4 aliphatic rings. The van der Waals surface area contributed by atoms with Crippen LogP contribution in [-0.4, -0.2) is 46.2 Å². The molecular weight excluding hydrogens is 424 g/mol. The number of aliphatic hydroxyl groups excluding tert-OH is 2. The van der Waals surface area contributed by atoms with E-state index in [0.717, 1.165) is 22.3 Å². The van der Waals surface area contributed by atoms with Gasteiger partial charge in [-0.2, -0.15) is 0 Å². The van der Waals surface area contributed by atoms with E-state index in [4.69, 9.17) is 23.7 Å². The van der Waals surface area contributed by atoms with E-state index in [1.165, 1.54) is 0 Å². The maximum atomic E-state index is 11.4. The van der Waals surface area contributed by atoms with Crippen LogP contribution in [0.1, 0.15) is 74.4 Å². The standard InChI is InChI=1S/C26H30O7/c1-25(2)30-21-15-11-7-5-9-13(15)19(17(27)23(21)32-25)29-20-14-10-6-8-12-16(14)22-24(18(20)28)33-26(3,4)31-22/h5-12,17-24,27-28H,1-4H3/t17-,18-,19+,20+,21-,22-,23+,24+/m1/s1. The summed E-state index contributed by atoms with van der Waals surface area (Å²) < 4.78 is 31.0. The lowest BCUT2D eigenvalue weighted by Crippen LogP contribution is -2.46. The topological polar surface area (TPSA) is 86.6 Å². The summed E-state index contributed by atoms with van der Waals surface area (Å²) in [6, 6.07) is 15.6. The zero-order valence-corrected chi connectivity index (χ0v) is 19.2. The predicted molar refractivity (Wildman–Crippen MR) is 117 cm³/mol. The van der Waals surface area contributed by atoms with Gasteiger partial charge >= 0.3 is 0 Å². The molecule has 6 rings (SSSR count). The number of hydrogen-bond acceptors (Lipinski definition) is 7. The SMILES string of the molecule is CC1(C)O[C@H]2[C@H](O)[C@@H](O[C@H]3c4ccccc4[C@H]4OC(C)(C)O[C@H]4[C@@H]3O)c3ccccc3[C@H]2O1. The van der Waals surface area contributed by atoms with Crippen molar-refractivity contribution in [3.8, 4) is 0 Å². The van der Waals surface area contributed by atoms with Gasteiger partial charge in [0.1, 0.15) is 48.8 Å². The van der Waals surface area contributed by atoms with Crippen LogP contribution in [0.3, 0.4) is 0 Å². The van der Waals surface area contributed by atoms with E-state index in [9.17, 15) is 10.2 Å². The number of fused-ring (bicyclic) bond motifs is 6. The summed E-state index contributed by atoms with van der Waals surface area (Å²) >= 11 is 0. The first-order valence-electron chi connectivity index (χ1n) is 11.6. The van der Waals surface area contributed by atoms with E-state index in [1.54, 1.807) is 0 Å². The molecule has 2 fully saturated rings. The van der Waals surface area contributed by atoms with Crippen LogP contribution in [0.2, 0.25) is 0 Å². The third-order valence-electron chi connectivity index (χ3n) is 7.06. The second-order valence-corrected chi connectivity index (χ2v) is 10.3. The first-order valence-corrected chi connectivity index (χ1v) is 11.6. The molecule has 0 amide bonds. The van der Waals surface area contributed by atoms with Gasteiger partial charge in [0.15, 0.2) is 11.6 Å². The average Bonchev–Trinajstić information content (AvgIpc) is 3.29. The van der Waals surface area contributed by atoms with Crippen molar-refractivity contribution in [1.29, 1.82) is 0 Å². The number of benzene rings is 2. The highest BCUT2D eigenvalue weighted by atomic mass is 16.8. The molecule has 2 saturated heterocycles. The fraction of sp³-hybridized carbons (Fsp3) is 0.538. The first kappa shape index (κ1) is 21.7. The zero-order valence-electron chi connectivity index (χ0n) is 19.2. The van der Waals surface area contributed by atoms with E-state index in [0.29, 0.717) is 0 Å². The number of rotatable bonds is 2. The Labute approximate surface area is 193 Å². The molecule has 2 aliphatic carbocycles. The van der Waals surface area contributed by atoms with Crippen molar-refractivity contribution in [2.45, 2.75) is 88.1 Å². The van der Waals surface area contributed by atoms with Crippen molar-refractivity contribution >= 4 is 0 Å². The van der Waals surface area contributed by atoms with Gasteiger partial charge in [0.25, 0.3) is 0 Å². The molecule has 2 aliphatic heterocycles. The van der Waals surface area contributed by atoms with Gasteiger partial charge < -0.3 is 33.9 Å². The smallest absolute Gasteiger partial charge is 0.164 e. The van der Waals surface area contributed by atoms with Crippen molar-refractivity contribution in [2.75, 3.05) is 0 Å². The fourth-order valence-electron chi connectivity index (χ4n) is 5.80. The van der Waals surface area contributed by atoms with E-state index >= 15 is 0 Å². The van der Waals surface area contributed by atoms with Crippen LogP contribution in [-0.2, 0) is 23.7 Å². The zero-order chi connectivity index (χ0) is 23.1. The molecule has 7 heteroatoms. The highest BCUT2D eigenvalue weighted by molar-refractivity contribution is 5.39. The molecule has 0 spiro atoms. The van der Waals surface area contributed by atoms with Crippen molar-refractivity contribution in [2.24, 2.45) is 0 Å². The molecule has 0 saturated carbocycles. The summed E-state index contributed by atoms with van der Waals surface area (Å²) in [5.74, 6) is -1.63. The maximum absolute atomic E-state index is 11.4. The van der Waals surface area contributed by atoms with Gasteiger partial charge in [-0.05, 0) is 49.9 Å². The Kier molecular flexibility index (Phi) is 4.81. The fourth-order valence-corrected chi connectivity index (χ4v) is 5.80. The Bertz CT molecular complexity index is 983. The second kappa shape index (κ2) is 7.33. The van der Waals surface area contributed by atoms with Gasteiger partial charge in [-0.3, -0.25) is 0 Å². The van der Waals surface area contributed by atoms with Gasteiger partial charge in [0.05, 0.1) is 0 Å². The number of hydrogen-bond donors (Lipinski definition) is 2. The minimum atomic E-state index is -0.971. The highest BCUT2D eigenvalue weighted by Gasteiger charge is 2.56.